The Bertz CT molecular complexity index is 1620. The van der Waals surface area contributed by atoms with Crippen molar-refractivity contribution >= 4 is 33.4 Å². The van der Waals surface area contributed by atoms with Gasteiger partial charge in [-0.05, 0) is 44.6 Å². The highest BCUT2D eigenvalue weighted by molar-refractivity contribution is 7.59. The predicted octanol–water partition coefficient (Wildman–Crippen LogP) is 7.62. The largest absolute Gasteiger partial charge is 0.756 e. The normalized spacial score (nSPS) is 20.0. The number of anilines is 1. The molecule has 7 atom stereocenters. The third kappa shape index (κ3) is 26.6. The Kier molecular flexibility index (Phi) is 30.5. The fourth-order valence-electron chi connectivity index (χ4n) is 7.12. The number of hydrogen-bond acceptors (Lipinski definition) is 17. The lowest BCUT2D eigenvalue weighted by atomic mass is 10.0. The first-order chi connectivity index (χ1) is 30.7. The number of rotatable bonds is 39. The molecule has 20 heteroatoms. The smallest absolute Gasteiger partial charge is 0.351 e. The number of esters is 2. The zero-order valence-electron chi connectivity index (χ0n) is 38.3. The first-order valence-corrected chi connectivity index (χ1v) is 26.6. The Morgan fingerprint density at radius 2 is 1.23 bits per heavy atom. The van der Waals surface area contributed by atoms with E-state index in [1.54, 1.807) is 0 Å². The van der Waals surface area contributed by atoms with E-state index < -0.39 is 83.7 Å². The first-order valence-electron chi connectivity index (χ1n) is 23.7. The van der Waals surface area contributed by atoms with Crippen LogP contribution in [0.3, 0.4) is 0 Å². The number of carbonyl (C=O) groups excluding carboxylic acids is 2. The van der Waals surface area contributed by atoms with E-state index >= 15 is 0 Å². The Balaban J connectivity index is 1.83. The van der Waals surface area contributed by atoms with E-state index in [4.69, 9.17) is 24.5 Å². The van der Waals surface area contributed by atoms with Gasteiger partial charge in [-0.25, -0.2) is 9.11 Å². The van der Waals surface area contributed by atoms with Gasteiger partial charge in [0.15, 0.2) is 12.3 Å². The summed E-state index contributed by atoms with van der Waals surface area (Å²) in [5.74, 6) is -1.37. The number of phosphoric ester groups is 2. The van der Waals surface area contributed by atoms with Crippen molar-refractivity contribution in [2.45, 2.75) is 211 Å². The summed E-state index contributed by atoms with van der Waals surface area (Å²) in [4.78, 5) is 66.2. The zero-order valence-corrected chi connectivity index (χ0v) is 40.1. The fraction of sp³-hybridized carbons (Fsp3) is 0.818. The number of carbonyl (C=O) groups is 2. The van der Waals surface area contributed by atoms with E-state index in [0.29, 0.717) is 12.8 Å². The summed E-state index contributed by atoms with van der Waals surface area (Å²) in [6.45, 7) is 1.90. The first kappa shape index (κ1) is 57.6. The highest BCUT2D eigenvalue weighted by Gasteiger charge is 2.45. The van der Waals surface area contributed by atoms with Crippen LogP contribution in [-0.2, 0) is 46.3 Å². The maximum absolute atomic E-state index is 12.8. The lowest BCUT2D eigenvalue weighted by molar-refractivity contribution is -0.246. The molecule has 1 aromatic rings. The van der Waals surface area contributed by atoms with E-state index in [1.165, 1.54) is 83.1 Å². The highest BCUT2D eigenvalue weighted by Crippen LogP contribution is 2.56. The number of nitrogen functional groups attached to an aromatic ring is 1. The van der Waals surface area contributed by atoms with Crippen LogP contribution in [0.5, 0.6) is 0 Å². The van der Waals surface area contributed by atoms with Crippen LogP contribution in [-0.4, -0.2) is 75.9 Å². The molecule has 0 aromatic carbocycles. The van der Waals surface area contributed by atoms with E-state index in [-0.39, 0.29) is 18.7 Å². The molecule has 0 amide bonds. The Morgan fingerprint density at radius 1 is 0.750 bits per heavy atom. The van der Waals surface area contributed by atoms with Gasteiger partial charge in [-0.2, -0.15) is 4.98 Å². The number of unbranched alkanes of at least 4 members (excludes halogenated alkanes) is 21. The fourth-order valence-corrected chi connectivity index (χ4v) is 9.15. The maximum atomic E-state index is 12.8. The topological polar surface area (TPSA) is 271 Å². The van der Waals surface area contributed by atoms with Gasteiger partial charge >= 0.3 is 17.6 Å². The molecule has 370 valence electrons. The van der Waals surface area contributed by atoms with Gasteiger partial charge in [0.2, 0.25) is 0 Å². The van der Waals surface area contributed by atoms with Gasteiger partial charge in [0.05, 0.1) is 13.2 Å². The Morgan fingerprint density at radius 3 is 1.78 bits per heavy atom. The van der Waals surface area contributed by atoms with E-state index in [0.717, 1.165) is 75.0 Å². The molecule has 2 rings (SSSR count). The summed E-state index contributed by atoms with van der Waals surface area (Å²) < 4.78 is 55.6. The molecule has 1 saturated heterocycles. The number of aromatic nitrogens is 2. The minimum atomic E-state index is -5.73. The molecule has 1 aliphatic rings. The summed E-state index contributed by atoms with van der Waals surface area (Å²) in [6.07, 6.45) is 23.9. The standard InChI is InChI=1S/C44H79N3O15P2/c1-3-5-7-9-11-13-15-17-19-21-23-25-27-29-39(48)57-33-36(60-40(49)30-28-26-24-22-20-18-16-14-12-10-8-6-4-2)34-58-63(53,54)62-64(55,56)59-35-37-41(50)42(51)43(61-37)47-32-31-38(45)46-44(47)52/h14,16,31-32,36-37,41-43,50-51H,3-13,15,17-30,33-35H2,1-2H3,(H,53,54)(H,55,56)(H2,45,46,52)/p-2/b16-14-/t36-,37-,41-,42-,43-/m1/s1. The molecule has 18 nitrogen and oxygen atoms in total. The number of nitrogens with two attached hydrogens (primary N) is 1. The molecule has 0 saturated carbocycles. The monoisotopic (exact) mass is 949 g/mol. The summed E-state index contributed by atoms with van der Waals surface area (Å²) in [5, 5.41) is 20.8. The second kappa shape index (κ2) is 33.9. The van der Waals surface area contributed by atoms with Crippen LogP contribution < -0.4 is 21.2 Å². The van der Waals surface area contributed by atoms with E-state index in [2.05, 4.69) is 39.8 Å². The Hall–Kier alpha value is -2.50. The molecule has 2 unspecified atom stereocenters. The molecule has 0 spiro atoms. The summed E-state index contributed by atoms with van der Waals surface area (Å²) in [6, 6.07) is 1.23. The predicted molar refractivity (Wildman–Crippen MR) is 238 cm³/mol. The molecule has 0 radical (unpaired) electrons. The molecule has 1 fully saturated rings. The van der Waals surface area contributed by atoms with Crippen molar-refractivity contribution in [3.63, 3.8) is 0 Å². The molecule has 0 bridgehead atoms. The second-order valence-corrected chi connectivity index (χ2v) is 19.5. The van der Waals surface area contributed by atoms with Crippen LogP contribution in [0.25, 0.3) is 0 Å². The molecular formula is C44H77N3O15P2-2. The van der Waals surface area contributed by atoms with Crippen molar-refractivity contribution in [1.29, 1.82) is 0 Å². The van der Waals surface area contributed by atoms with Crippen molar-refractivity contribution in [1.82, 2.24) is 9.55 Å². The molecule has 1 aromatic heterocycles. The molecule has 0 aliphatic carbocycles. The van der Waals surface area contributed by atoms with Gasteiger partial charge in [0, 0.05) is 19.0 Å². The minimum absolute atomic E-state index is 0.0182. The second-order valence-electron chi connectivity index (χ2n) is 16.6. The number of allylic oxidation sites excluding steroid dienone is 2. The van der Waals surface area contributed by atoms with Gasteiger partial charge < -0.3 is 49.0 Å². The van der Waals surface area contributed by atoms with Gasteiger partial charge in [-0.1, -0.05) is 142 Å². The molecule has 2 heterocycles. The lowest BCUT2D eigenvalue weighted by Gasteiger charge is -2.32. The summed E-state index contributed by atoms with van der Waals surface area (Å²) in [7, 11) is -11.4. The van der Waals surface area contributed by atoms with Gasteiger partial charge in [0.25, 0.3) is 15.6 Å². The lowest BCUT2D eigenvalue weighted by Crippen LogP contribution is -2.36. The third-order valence-electron chi connectivity index (χ3n) is 10.8. The van der Waals surface area contributed by atoms with Crippen molar-refractivity contribution in [2.24, 2.45) is 0 Å². The van der Waals surface area contributed by atoms with Crippen molar-refractivity contribution < 1.29 is 66.3 Å². The quantitative estimate of drug-likeness (QED) is 0.0248. The number of aliphatic hydroxyl groups is 2. The minimum Gasteiger partial charge on any atom is -0.756 e. The highest BCUT2D eigenvalue weighted by atomic mass is 31.3. The molecule has 4 N–H and O–H groups in total. The number of hydrogen-bond donors (Lipinski definition) is 3. The van der Waals surface area contributed by atoms with Crippen LogP contribution in [0.4, 0.5) is 5.82 Å². The maximum Gasteiger partial charge on any atom is 0.351 e. The molecule has 1 aliphatic heterocycles. The van der Waals surface area contributed by atoms with Gasteiger partial charge in [-0.3, -0.25) is 23.3 Å². The van der Waals surface area contributed by atoms with E-state index in [9.17, 15) is 43.5 Å². The molecular weight excluding hydrogens is 872 g/mol. The molecule has 64 heavy (non-hydrogen) atoms. The van der Waals surface area contributed by atoms with Crippen molar-refractivity contribution in [2.75, 3.05) is 25.6 Å². The van der Waals surface area contributed by atoms with Crippen LogP contribution >= 0.6 is 15.6 Å². The van der Waals surface area contributed by atoms with Crippen LogP contribution in [0.1, 0.15) is 187 Å². The summed E-state index contributed by atoms with van der Waals surface area (Å²) in [5.41, 5.74) is 4.55. The average Bonchev–Trinajstić information content (AvgIpc) is 3.52. The van der Waals surface area contributed by atoms with Gasteiger partial charge in [0.1, 0.15) is 30.7 Å². The van der Waals surface area contributed by atoms with Crippen molar-refractivity contribution in [3.8, 4) is 0 Å². The third-order valence-corrected chi connectivity index (χ3v) is 13.4. The number of ether oxygens (including phenoxy) is 3. The SMILES string of the molecule is CCCCCC/C=C\CCCCCCCC(=O)O[C@H](COC(=O)CCCCCCCCCCCCCCC)COP(=O)([O-])OP(=O)([O-])OC[C@H]1O[C@@H](n2ccc(N)nc2=O)[C@H](O)[C@@H]1O. The Labute approximate surface area is 380 Å². The average molecular weight is 950 g/mol. The van der Waals surface area contributed by atoms with E-state index in [1.807, 2.05) is 0 Å². The number of nitrogens with zero attached hydrogens (tertiary/aromatic N) is 2. The number of phosphoric acid groups is 2. The van der Waals surface area contributed by atoms with Crippen LogP contribution in [0, 0.1) is 0 Å². The zero-order chi connectivity index (χ0) is 47.1. The number of aliphatic hydroxyl groups excluding tert-OH is 2. The van der Waals surface area contributed by atoms with Crippen LogP contribution in [0.15, 0.2) is 29.2 Å². The van der Waals surface area contributed by atoms with Crippen LogP contribution in [0.2, 0.25) is 0 Å². The van der Waals surface area contributed by atoms with Gasteiger partial charge in [-0.15, -0.1) is 0 Å². The summed E-state index contributed by atoms with van der Waals surface area (Å²) >= 11 is 0. The van der Waals surface area contributed by atoms with Crippen molar-refractivity contribution in [3.05, 3.63) is 34.9 Å².